The molecule has 4 atom stereocenters. The molecule has 1 amide bonds. The van der Waals surface area contributed by atoms with Gasteiger partial charge in [0.15, 0.2) is 0 Å². The number of hydrogen-bond acceptors (Lipinski definition) is 3. The number of hydrogen-bond donors (Lipinski definition) is 1. The quantitative estimate of drug-likeness (QED) is 0.857. The third-order valence-corrected chi connectivity index (χ3v) is 4.44. The fraction of sp³-hybridized carbons (Fsp3) is 0.867. The van der Waals surface area contributed by atoms with Crippen LogP contribution in [-0.4, -0.2) is 46.7 Å². The molecule has 0 aromatic heterocycles. The third-order valence-electron chi connectivity index (χ3n) is 4.44. The van der Waals surface area contributed by atoms with Crippen molar-refractivity contribution in [3.8, 4) is 0 Å². The highest BCUT2D eigenvalue weighted by molar-refractivity contribution is 5.82. The molecule has 5 nitrogen and oxygen atoms in total. The molecule has 20 heavy (non-hydrogen) atoms. The van der Waals surface area contributed by atoms with Crippen molar-refractivity contribution in [2.45, 2.75) is 70.6 Å². The van der Waals surface area contributed by atoms with Crippen LogP contribution in [0.3, 0.4) is 0 Å². The van der Waals surface area contributed by atoms with Gasteiger partial charge >= 0.3 is 5.97 Å². The van der Waals surface area contributed by atoms with Crippen molar-refractivity contribution in [1.82, 2.24) is 4.90 Å². The smallest absolute Gasteiger partial charge is 0.303 e. The summed E-state index contributed by atoms with van der Waals surface area (Å²) < 4.78 is 5.75. The van der Waals surface area contributed by atoms with Gasteiger partial charge in [-0.25, -0.2) is 0 Å². The van der Waals surface area contributed by atoms with E-state index in [1.807, 2.05) is 11.8 Å². The van der Waals surface area contributed by atoms with Gasteiger partial charge in [0, 0.05) is 19.0 Å². The van der Waals surface area contributed by atoms with E-state index in [1.165, 1.54) is 0 Å². The zero-order valence-corrected chi connectivity index (χ0v) is 12.4. The lowest BCUT2D eigenvalue weighted by Crippen LogP contribution is -2.49. The van der Waals surface area contributed by atoms with Crippen LogP contribution in [0.4, 0.5) is 0 Å². The summed E-state index contributed by atoms with van der Waals surface area (Å²) in [7, 11) is 0. The van der Waals surface area contributed by atoms with Crippen molar-refractivity contribution >= 4 is 11.9 Å². The van der Waals surface area contributed by atoms with E-state index in [1.54, 1.807) is 0 Å². The first kappa shape index (κ1) is 15.3. The van der Waals surface area contributed by atoms with Gasteiger partial charge in [-0.2, -0.15) is 0 Å². The van der Waals surface area contributed by atoms with Crippen LogP contribution in [0.15, 0.2) is 0 Å². The maximum Gasteiger partial charge on any atom is 0.303 e. The Balaban J connectivity index is 1.99. The molecule has 0 aromatic carbocycles. The second-order valence-corrected chi connectivity index (χ2v) is 6.19. The summed E-state index contributed by atoms with van der Waals surface area (Å²) in [5, 5.41) is 8.83. The zero-order chi connectivity index (χ0) is 14.7. The number of aliphatic carboxylic acids is 1. The van der Waals surface area contributed by atoms with Crippen LogP contribution in [-0.2, 0) is 14.3 Å². The Labute approximate surface area is 120 Å². The Morgan fingerprint density at radius 3 is 2.65 bits per heavy atom. The summed E-state index contributed by atoms with van der Waals surface area (Å²) in [6.45, 7) is 4.80. The van der Waals surface area contributed by atoms with E-state index >= 15 is 0 Å². The van der Waals surface area contributed by atoms with E-state index in [9.17, 15) is 9.59 Å². The SMILES string of the molecule is CC1CC(C)C(C(=O)N2CCCCC2CCC(=O)O)O1. The molecule has 114 valence electrons. The molecule has 5 heteroatoms. The summed E-state index contributed by atoms with van der Waals surface area (Å²) >= 11 is 0. The number of ether oxygens (including phenoxy) is 1. The highest BCUT2D eigenvalue weighted by atomic mass is 16.5. The number of rotatable bonds is 4. The number of carbonyl (C=O) groups is 2. The summed E-state index contributed by atoms with van der Waals surface area (Å²) in [4.78, 5) is 25.3. The van der Waals surface area contributed by atoms with E-state index in [4.69, 9.17) is 9.84 Å². The van der Waals surface area contributed by atoms with Crippen molar-refractivity contribution in [3.63, 3.8) is 0 Å². The van der Waals surface area contributed by atoms with Gasteiger partial charge in [-0.3, -0.25) is 9.59 Å². The van der Waals surface area contributed by atoms with E-state index in [0.29, 0.717) is 6.42 Å². The lowest BCUT2D eigenvalue weighted by atomic mass is 9.95. The van der Waals surface area contributed by atoms with Gasteiger partial charge in [-0.15, -0.1) is 0 Å². The van der Waals surface area contributed by atoms with E-state index in [2.05, 4.69) is 6.92 Å². The normalized spacial score (nSPS) is 34.2. The number of nitrogens with zero attached hydrogens (tertiary/aromatic N) is 1. The van der Waals surface area contributed by atoms with Gasteiger partial charge in [-0.05, 0) is 44.9 Å². The molecule has 2 saturated heterocycles. The summed E-state index contributed by atoms with van der Waals surface area (Å²) in [6, 6.07) is 0.0686. The van der Waals surface area contributed by atoms with E-state index < -0.39 is 5.97 Å². The highest BCUT2D eigenvalue weighted by Crippen LogP contribution is 2.30. The lowest BCUT2D eigenvalue weighted by Gasteiger charge is -2.37. The largest absolute Gasteiger partial charge is 0.481 e. The molecule has 0 radical (unpaired) electrons. The third kappa shape index (κ3) is 3.51. The van der Waals surface area contributed by atoms with Crippen molar-refractivity contribution in [3.05, 3.63) is 0 Å². The van der Waals surface area contributed by atoms with Crippen LogP contribution in [0, 0.1) is 5.92 Å². The first-order chi connectivity index (χ1) is 9.49. The maximum absolute atomic E-state index is 12.7. The minimum absolute atomic E-state index is 0.0666. The average Bonchev–Trinajstić information content (AvgIpc) is 2.75. The second kappa shape index (κ2) is 6.57. The first-order valence-corrected chi connectivity index (χ1v) is 7.66. The molecule has 0 spiro atoms. The van der Waals surface area contributed by atoms with Crippen LogP contribution in [0.2, 0.25) is 0 Å². The predicted molar refractivity (Wildman–Crippen MR) is 74.3 cm³/mol. The van der Waals surface area contributed by atoms with Gasteiger partial charge in [-0.1, -0.05) is 6.92 Å². The predicted octanol–water partition coefficient (Wildman–Crippen LogP) is 2.05. The molecule has 0 bridgehead atoms. The molecule has 0 aliphatic carbocycles. The molecule has 2 aliphatic rings. The average molecular weight is 283 g/mol. The van der Waals surface area contributed by atoms with Crippen molar-refractivity contribution in [2.75, 3.05) is 6.54 Å². The van der Waals surface area contributed by atoms with Crippen LogP contribution in [0.1, 0.15) is 52.4 Å². The van der Waals surface area contributed by atoms with Gasteiger partial charge < -0.3 is 14.7 Å². The lowest BCUT2D eigenvalue weighted by molar-refractivity contribution is -0.149. The molecule has 0 saturated carbocycles. The molecule has 4 unspecified atom stereocenters. The van der Waals surface area contributed by atoms with Crippen LogP contribution < -0.4 is 0 Å². The minimum Gasteiger partial charge on any atom is -0.481 e. The van der Waals surface area contributed by atoms with Gasteiger partial charge in [0.05, 0.1) is 6.10 Å². The standard InChI is InChI=1S/C15H25NO4/c1-10-9-11(2)20-14(10)15(19)16-8-4-3-5-12(16)6-7-13(17)18/h10-12,14H,3-9H2,1-2H3,(H,17,18). The zero-order valence-electron chi connectivity index (χ0n) is 12.4. The Morgan fingerprint density at radius 1 is 1.30 bits per heavy atom. The van der Waals surface area contributed by atoms with Crippen LogP contribution in [0.5, 0.6) is 0 Å². The van der Waals surface area contributed by atoms with Crippen LogP contribution in [0.25, 0.3) is 0 Å². The van der Waals surface area contributed by atoms with Crippen molar-refractivity contribution in [1.29, 1.82) is 0 Å². The fourth-order valence-corrected chi connectivity index (χ4v) is 3.43. The summed E-state index contributed by atoms with van der Waals surface area (Å²) in [5.41, 5.74) is 0. The number of likely N-dealkylation sites (tertiary alicyclic amines) is 1. The van der Waals surface area contributed by atoms with Gasteiger partial charge in [0.1, 0.15) is 6.10 Å². The molecule has 2 fully saturated rings. The van der Waals surface area contributed by atoms with Gasteiger partial charge in [0.2, 0.25) is 0 Å². The van der Waals surface area contributed by atoms with E-state index in [0.717, 1.165) is 32.2 Å². The molecular weight excluding hydrogens is 258 g/mol. The number of piperidine rings is 1. The number of amides is 1. The van der Waals surface area contributed by atoms with Crippen LogP contribution >= 0.6 is 0 Å². The summed E-state index contributed by atoms with van der Waals surface area (Å²) in [5.74, 6) is -0.474. The Bertz CT molecular complexity index is 371. The maximum atomic E-state index is 12.7. The second-order valence-electron chi connectivity index (χ2n) is 6.19. The number of carboxylic acids is 1. The van der Waals surface area contributed by atoms with Gasteiger partial charge in [0.25, 0.3) is 5.91 Å². The molecule has 2 heterocycles. The Hall–Kier alpha value is -1.10. The fourth-order valence-electron chi connectivity index (χ4n) is 3.43. The number of carboxylic acid groups (broad SMARTS) is 1. The Morgan fingerprint density at radius 2 is 2.05 bits per heavy atom. The summed E-state index contributed by atoms with van der Waals surface area (Å²) in [6.07, 6.45) is 4.40. The highest BCUT2D eigenvalue weighted by Gasteiger charge is 2.39. The topological polar surface area (TPSA) is 66.8 Å². The Kier molecular flexibility index (Phi) is 5.02. The molecule has 2 rings (SSSR count). The first-order valence-electron chi connectivity index (χ1n) is 7.66. The van der Waals surface area contributed by atoms with Crippen molar-refractivity contribution < 1.29 is 19.4 Å². The molecule has 1 N–H and O–H groups in total. The molecule has 2 aliphatic heterocycles. The molecular formula is C15H25NO4. The van der Waals surface area contributed by atoms with Crippen molar-refractivity contribution in [2.24, 2.45) is 5.92 Å². The monoisotopic (exact) mass is 283 g/mol. The van der Waals surface area contributed by atoms with E-state index in [-0.39, 0.29) is 36.5 Å². The minimum atomic E-state index is -0.790. The molecule has 0 aromatic rings. The number of carbonyl (C=O) groups excluding carboxylic acids is 1.